The molecule has 0 heterocycles. The number of halogens is 1. The molecule has 3 nitrogen and oxygen atoms in total. The molecule has 2 atom stereocenters. The van der Waals surface area contributed by atoms with E-state index in [9.17, 15) is 14.4 Å². The van der Waals surface area contributed by atoms with Gasteiger partial charge in [-0.3, -0.25) is 14.4 Å². The number of hydrogen-bond donors (Lipinski definition) is 0. The van der Waals surface area contributed by atoms with Crippen molar-refractivity contribution >= 4 is 33.3 Å². The Hall–Kier alpha value is -0.770. The molecule has 2 rings (SSSR count). The van der Waals surface area contributed by atoms with Crippen molar-refractivity contribution < 1.29 is 14.4 Å². The van der Waals surface area contributed by atoms with Gasteiger partial charge in [-0.05, 0) is 28.4 Å². The van der Waals surface area contributed by atoms with E-state index in [0.29, 0.717) is 17.3 Å². The topological polar surface area (TPSA) is 51.2 Å². The van der Waals surface area contributed by atoms with Crippen LogP contribution in [0.2, 0.25) is 0 Å². The minimum Gasteiger partial charge on any atom is -0.300 e. The lowest BCUT2D eigenvalue weighted by Gasteiger charge is -2.40. The monoisotopic (exact) mass is 270 g/mol. The van der Waals surface area contributed by atoms with E-state index in [4.69, 9.17) is 0 Å². The molecule has 0 spiro atoms. The van der Waals surface area contributed by atoms with E-state index in [-0.39, 0.29) is 29.7 Å². The third-order valence-corrected chi connectivity index (χ3v) is 3.98. The first kappa shape index (κ1) is 10.7. The first-order chi connectivity index (χ1) is 6.95. The summed E-state index contributed by atoms with van der Waals surface area (Å²) in [5.41, 5.74) is -0.806. The van der Waals surface area contributed by atoms with Crippen LogP contribution in [0.4, 0.5) is 0 Å². The Morgan fingerprint density at radius 1 is 1.40 bits per heavy atom. The van der Waals surface area contributed by atoms with Gasteiger partial charge >= 0.3 is 0 Å². The van der Waals surface area contributed by atoms with E-state index in [1.165, 1.54) is 6.08 Å². The summed E-state index contributed by atoms with van der Waals surface area (Å²) >= 11 is 3.09. The maximum absolute atomic E-state index is 12.0. The minimum absolute atomic E-state index is 0.0310. The average Bonchev–Trinajstić information content (AvgIpc) is 2.14. The van der Waals surface area contributed by atoms with Crippen LogP contribution in [0, 0.1) is 11.3 Å². The molecular weight excluding hydrogens is 260 g/mol. The van der Waals surface area contributed by atoms with Crippen molar-refractivity contribution in [3.63, 3.8) is 0 Å². The maximum atomic E-state index is 12.0. The summed E-state index contributed by atoms with van der Waals surface area (Å²) in [5.74, 6) is -0.363. The summed E-state index contributed by atoms with van der Waals surface area (Å²) in [6, 6.07) is 0. The summed E-state index contributed by atoms with van der Waals surface area (Å²) in [4.78, 5) is 35.1. The Labute approximate surface area is 96.0 Å². The number of rotatable bonds is 0. The second-order valence-corrected chi connectivity index (χ2v) is 5.30. The van der Waals surface area contributed by atoms with Crippen molar-refractivity contribution in [2.45, 2.75) is 26.2 Å². The predicted octanol–water partition coefficient (Wildman–Crippen LogP) is 1.79. The highest BCUT2D eigenvalue weighted by Crippen LogP contribution is 2.46. The van der Waals surface area contributed by atoms with Gasteiger partial charge in [-0.1, -0.05) is 6.92 Å². The van der Waals surface area contributed by atoms with Gasteiger partial charge in [0.25, 0.3) is 0 Å². The molecule has 0 unspecified atom stereocenters. The average molecular weight is 271 g/mol. The van der Waals surface area contributed by atoms with Gasteiger partial charge in [0.15, 0.2) is 11.6 Å². The smallest absolute Gasteiger partial charge is 0.176 e. The molecule has 1 saturated carbocycles. The van der Waals surface area contributed by atoms with E-state index >= 15 is 0 Å². The van der Waals surface area contributed by atoms with Crippen LogP contribution in [0.1, 0.15) is 26.2 Å². The van der Waals surface area contributed by atoms with Gasteiger partial charge in [-0.25, -0.2) is 0 Å². The van der Waals surface area contributed by atoms with Gasteiger partial charge in [-0.15, -0.1) is 0 Å². The molecule has 0 N–H and O–H groups in total. The van der Waals surface area contributed by atoms with Crippen LogP contribution in [0.5, 0.6) is 0 Å². The lowest BCUT2D eigenvalue weighted by molar-refractivity contribution is -0.143. The fourth-order valence-electron chi connectivity index (χ4n) is 2.50. The molecule has 0 aromatic carbocycles. The third-order valence-electron chi connectivity index (χ3n) is 3.39. The van der Waals surface area contributed by atoms with Crippen LogP contribution in [0.15, 0.2) is 10.6 Å². The molecule has 2 aliphatic rings. The highest BCUT2D eigenvalue weighted by atomic mass is 79.9. The summed E-state index contributed by atoms with van der Waals surface area (Å²) in [5, 5.41) is 0. The van der Waals surface area contributed by atoms with Crippen LogP contribution in [-0.4, -0.2) is 17.3 Å². The summed E-state index contributed by atoms with van der Waals surface area (Å²) in [6.45, 7) is 1.73. The second kappa shape index (κ2) is 3.37. The summed E-state index contributed by atoms with van der Waals surface area (Å²) in [7, 11) is 0. The van der Waals surface area contributed by atoms with Crippen LogP contribution < -0.4 is 0 Å². The zero-order valence-corrected chi connectivity index (χ0v) is 9.96. The van der Waals surface area contributed by atoms with Gasteiger partial charge < -0.3 is 0 Å². The fraction of sp³-hybridized carbons (Fsp3) is 0.545. The van der Waals surface area contributed by atoms with Crippen molar-refractivity contribution in [1.29, 1.82) is 0 Å². The highest BCUT2D eigenvalue weighted by Gasteiger charge is 2.51. The molecule has 0 aliphatic heterocycles. The molecular formula is C11H11BrO3. The van der Waals surface area contributed by atoms with Crippen molar-refractivity contribution in [2.24, 2.45) is 11.3 Å². The molecule has 0 aromatic rings. The predicted molar refractivity (Wildman–Crippen MR) is 57.5 cm³/mol. The van der Waals surface area contributed by atoms with Crippen molar-refractivity contribution in [1.82, 2.24) is 0 Å². The lowest BCUT2D eigenvalue weighted by atomic mass is 9.61. The Bertz CT molecular complexity index is 397. The number of fused-ring (bicyclic) bond motifs is 1. The number of Topliss-reactive ketones (excluding diaryl/α,β-unsaturated/α-hetero) is 2. The van der Waals surface area contributed by atoms with Crippen LogP contribution in [0.3, 0.4) is 0 Å². The molecule has 0 radical (unpaired) electrons. The largest absolute Gasteiger partial charge is 0.300 e. The fourth-order valence-corrected chi connectivity index (χ4v) is 3.18. The third kappa shape index (κ3) is 1.51. The van der Waals surface area contributed by atoms with Gasteiger partial charge in [0, 0.05) is 24.2 Å². The van der Waals surface area contributed by atoms with E-state index in [1.54, 1.807) is 6.92 Å². The number of ketones is 3. The van der Waals surface area contributed by atoms with E-state index in [0.717, 1.165) is 0 Å². The molecule has 4 heteroatoms. The van der Waals surface area contributed by atoms with Gasteiger partial charge in [0.2, 0.25) is 0 Å². The van der Waals surface area contributed by atoms with Crippen LogP contribution >= 0.6 is 15.9 Å². The molecule has 0 amide bonds. The zero-order chi connectivity index (χ0) is 11.2. The number of hydrogen-bond acceptors (Lipinski definition) is 3. The standard InChI is InChI=1S/C11H11BrO3/c1-11-5-6(13)2-3-7(11)9(14)4-8(12)10(11)15/h4,7H,2-3,5H2,1H3/t7-,11-/m1/s1. The van der Waals surface area contributed by atoms with Gasteiger partial charge in [0.05, 0.1) is 4.48 Å². The minimum atomic E-state index is -0.806. The number of allylic oxidation sites excluding steroid dienone is 2. The molecule has 0 aromatic heterocycles. The molecule has 15 heavy (non-hydrogen) atoms. The van der Waals surface area contributed by atoms with Gasteiger partial charge in [-0.2, -0.15) is 0 Å². The first-order valence-electron chi connectivity index (χ1n) is 4.92. The number of carbonyl (C=O) groups is 3. The first-order valence-corrected chi connectivity index (χ1v) is 5.72. The SMILES string of the molecule is C[C@@]12CC(=O)CC[C@@H]1C(=O)C=C(Br)C2=O. The molecule has 2 aliphatic carbocycles. The summed E-state index contributed by atoms with van der Waals surface area (Å²) < 4.78 is 0.306. The van der Waals surface area contributed by atoms with Crippen molar-refractivity contribution in [2.75, 3.05) is 0 Å². The van der Waals surface area contributed by atoms with Crippen LogP contribution in [0.25, 0.3) is 0 Å². The van der Waals surface area contributed by atoms with Crippen molar-refractivity contribution in [3.05, 3.63) is 10.6 Å². The Kier molecular flexibility index (Phi) is 2.41. The molecule has 0 saturated heterocycles. The van der Waals surface area contributed by atoms with E-state index < -0.39 is 5.41 Å². The normalized spacial score (nSPS) is 36.3. The van der Waals surface area contributed by atoms with Gasteiger partial charge in [0.1, 0.15) is 5.78 Å². The second-order valence-electron chi connectivity index (χ2n) is 4.45. The molecule has 80 valence electrons. The number of carbonyl (C=O) groups excluding carboxylic acids is 3. The molecule has 1 fully saturated rings. The highest BCUT2D eigenvalue weighted by molar-refractivity contribution is 9.12. The van der Waals surface area contributed by atoms with E-state index in [1.807, 2.05) is 0 Å². The maximum Gasteiger partial charge on any atom is 0.176 e. The molecule has 0 bridgehead atoms. The zero-order valence-electron chi connectivity index (χ0n) is 8.38. The van der Waals surface area contributed by atoms with Crippen LogP contribution in [-0.2, 0) is 14.4 Å². The Balaban J connectivity index is 2.47. The van der Waals surface area contributed by atoms with Crippen molar-refractivity contribution in [3.8, 4) is 0 Å². The Morgan fingerprint density at radius 2 is 2.07 bits per heavy atom. The quantitative estimate of drug-likeness (QED) is 0.675. The lowest BCUT2D eigenvalue weighted by Crippen LogP contribution is -2.47. The Morgan fingerprint density at radius 3 is 2.73 bits per heavy atom. The summed E-state index contributed by atoms with van der Waals surface area (Å²) in [6.07, 6.45) is 2.48. The van der Waals surface area contributed by atoms with E-state index in [2.05, 4.69) is 15.9 Å².